The highest BCUT2D eigenvalue weighted by Crippen LogP contribution is 2.14. The molecule has 0 saturated heterocycles. The highest BCUT2D eigenvalue weighted by atomic mass is 16.5. The van der Waals surface area contributed by atoms with Crippen molar-refractivity contribution in [3.8, 4) is 0 Å². The lowest BCUT2D eigenvalue weighted by molar-refractivity contribution is -0.138. The number of unbranched alkanes of at least 4 members (excludes halogenated alkanes) is 3. The Morgan fingerprint density at radius 1 is 1.29 bits per heavy atom. The van der Waals surface area contributed by atoms with Crippen molar-refractivity contribution >= 4 is 12.3 Å². The predicted molar refractivity (Wildman–Crippen MR) is 66.4 cm³/mol. The molecule has 0 aromatic carbocycles. The molecule has 1 heterocycles. The number of rotatable bonds is 7. The molecule has 3 nitrogen and oxygen atoms in total. The quantitative estimate of drug-likeness (QED) is 0.294. The average Bonchev–Trinajstić information content (AvgIpc) is 2.61. The van der Waals surface area contributed by atoms with Gasteiger partial charge in [0.15, 0.2) is 0 Å². The van der Waals surface area contributed by atoms with Crippen molar-refractivity contribution in [2.24, 2.45) is 0 Å². The van der Waals surface area contributed by atoms with E-state index in [2.05, 4.69) is 0 Å². The van der Waals surface area contributed by atoms with E-state index in [1.54, 1.807) is 0 Å². The maximum atomic E-state index is 11.2. The van der Waals surface area contributed by atoms with Gasteiger partial charge in [0.1, 0.15) is 12.4 Å². The summed E-state index contributed by atoms with van der Waals surface area (Å²) in [5.41, 5.74) is 0.651. The standard InChI is InChI=1S/C14H18O3/c1-12-11-13(14(16)17-12)9-7-5-3-2-4-6-8-10-15/h6-12H,2-5H2,1H3/b8-6+,9-7+/t12-/m0/s1. The number of esters is 1. The van der Waals surface area contributed by atoms with Crippen LogP contribution in [0.1, 0.15) is 32.6 Å². The maximum absolute atomic E-state index is 11.2. The summed E-state index contributed by atoms with van der Waals surface area (Å²) in [6.07, 6.45) is 13.7. The largest absolute Gasteiger partial charge is 0.455 e. The minimum absolute atomic E-state index is 0.101. The fourth-order valence-corrected chi connectivity index (χ4v) is 1.60. The molecule has 0 N–H and O–H groups in total. The molecule has 0 aromatic rings. The van der Waals surface area contributed by atoms with Crippen molar-refractivity contribution in [2.45, 2.75) is 38.7 Å². The molecule has 0 aliphatic carbocycles. The second-order valence-electron chi connectivity index (χ2n) is 3.98. The second-order valence-corrected chi connectivity index (χ2v) is 3.98. The van der Waals surface area contributed by atoms with Gasteiger partial charge in [0.2, 0.25) is 0 Å². The summed E-state index contributed by atoms with van der Waals surface area (Å²) in [6.45, 7) is 1.85. The predicted octanol–water partition coefficient (Wildman–Crippen LogP) is 2.73. The number of hydrogen-bond acceptors (Lipinski definition) is 3. The molecule has 0 aromatic heterocycles. The number of aldehydes is 1. The van der Waals surface area contributed by atoms with E-state index >= 15 is 0 Å². The lowest BCUT2D eigenvalue weighted by Crippen LogP contribution is -2.02. The number of cyclic esters (lactones) is 1. The maximum Gasteiger partial charge on any atom is 0.338 e. The summed E-state index contributed by atoms with van der Waals surface area (Å²) >= 11 is 0. The Labute approximate surface area is 102 Å². The van der Waals surface area contributed by atoms with Crippen molar-refractivity contribution in [1.82, 2.24) is 0 Å². The van der Waals surface area contributed by atoms with Gasteiger partial charge in [-0.2, -0.15) is 0 Å². The summed E-state index contributed by atoms with van der Waals surface area (Å²) in [7, 11) is 0. The van der Waals surface area contributed by atoms with E-state index in [-0.39, 0.29) is 12.1 Å². The smallest absolute Gasteiger partial charge is 0.338 e. The molecule has 0 saturated carbocycles. The molecule has 17 heavy (non-hydrogen) atoms. The van der Waals surface area contributed by atoms with Crippen LogP contribution in [0.2, 0.25) is 0 Å². The van der Waals surface area contributed by atoms with Crippen molar-refractivity contribution in [3.63, 3.8) is 0 Å². The van der Waals surface area contributed by atoms with E-state index in [9.17, 15) is 9.59 Å². The Morgan fingerprint density at radius 3 is 2.59 bits per heavy atom. The number of hydrogen-bond donors (Lipinski definition) is 0. The third-order valence-electron chi connectivity index (χ3n) is 2.45. The molecule has 0 spiro atoms. The first-order chi connectivity index (χ1) is 8.24. The van der Waals surface area contributed by atoms with Gasteiger partial charge in [-0.1, -0.05) is 18.2 Å². The Kier molecular flexibility index (Phi) is 6.00. The highest BCUT2D eigenvalue weighted by Gasteiger charge is 2.19. The number of carbonyl (C=O) groups is 2. The van der Waals surface area contributed by atoms with Gasteiger partial charge in [0.05, 0.1) is 5.57 Å². The third kappa shape index (κ3) is 5.29. The zero-order valence-electron chi connectivity index (χ0n) is 10.1. The SMILES string of the molecule is C[C@H]1C=C(/C=C/CCCC/C=C/C=O)C(=O)O1. The Bertz CT molecular complexity index is 350. The van der Waals surface area contributed by atoms with Gasteiger partial charge in [0.25, 0.3) is 0 Å². The molecular weight excluding hydrogens is 216 g/mol. The molecule has 0 bridgehead atoms. The van der Waals surface area contributed by atoms with Crippen molar-refractivity contribution < 1.29 is 14.3 Å². The van der Waals surface area contributed by atoms with Crippen LogP contribution in [-0.2, 0) is 14.3 Å². The van der Waals surface area contributed by atoms with Gasteiger partial charge < -0.3 is 4.74 Å². The van der Waals surface area contributed by atoms with Crippen LogP contribution in [0.15, 0.2) is 36.0 Å². The van der Waals surface area contributed by atoms with Crippen LogP contribution in [0, 0.1) is 0 Å². The topological polar surface area (TPSA) is 43.4 Å². The Morgan fingerprint density at radius 2 is 2.00 bits per heavy atom. The van der Waals surface area contributed by atoms with Crippen LogP contribution in [-0.4, -0.2) is 18.4 Å². The van der Waals surface area contributed by atoms with Gasteiger partial charge in [-0.3, -0.25) is 4.79 Å². The van der Waals surface area contributed by atoms with Crippen LogP contribution in [0.25, 0.3) is 0 Å². The van der Waals surface area contributed by atoms with Crippen LogP contribution >= 0.6 is 0 Å². The molecule has 0 amide bonds. The van der Waals surface area contributed by atoms with Gasteiger partial charge in [-0.25, -0.2) is 4.79 Å². The molecule has 0 fully saturated rings. The Balaban J connectivity index is 2.14. The van der Waals surface area contributed by atoms with Crippen molar-refractivity contribution in [2.75, 3.05) is 0 Å². The van der Waals surface area contributed by atoms with E-state index in [0.29, 0.717) is 5.57 Å². The monoisotopic (exact) mass is 234 g/mol. The van der Waals surface area contributed by atoms with Crippen molar-refractivity contribution in [3.05, 3.63) is 36.0 Å². The molecule has 0 radical (unpaired) electrons. The fraction of sp³-hybridized carbons (Fsp3) is 0.429. The van der Waals surface area contributed by atoms with Crippen LogP contribution < -0.4 is 0 Å². The number of carbonyl (C=O) groups excluding carboxylic acids is 2. The van der Waals surface area contributed by atoms with Gasteiger partial charge in [0, 0.05) is 0 Å². The first kappa shape index (κ1) is 13.4. The Hall–Kier alpha value is -1.64. The molecule has 92 valence electrons. The van der Waals surface area contributed by atoms with Crippen molar-refractivity contribution in [1.29, 1.82) is 0 Å². The van der Waals surface area contributed by atoms with Gasteiger partial charge >= 0.3 is 5.97 Å². The third-order valence-corrected chi connectivity index (χ3v) is 2.45. The van der Waals surface area contributed by atoms with E-state index in [4.69, 9.17) is 4.74 Å². The lowest BCUT2D eigenvalue weighted by atomic mass is 10.1. The molecule has 3 heteroatoms. The fourth-order valence-electron chi connectivity index (χ4n) is 1.60. The molecule has 1 aliphatic rings. The lowest BCUT2D eigenvalue weighted by Gasteiger charge is -1.96. The summed E-state index contributed by atoms with van der Waals surface area (Å²) in [5, 5.41) is 0. The molecule has 1 atom stereocenters. The zero-order chi connectivity index (χ0) is 12.5. The molecule has 1 aliphatic heterocycles. The minimum atomic E-state index is -0.234. The molecule has 1 rings (SSSR count). The average molecular weight is 234 g/mol. The summed E-state index contributed by atoms with van der Waals surface area (Å²) in [6, 6.07) is 0. The summed E-state index contributed by atoms with van der Waals surface area (Å²) < 4.78 is 4.97. The van der Waals surface area contributed by atoms with Crippen LogP contribution in [0.5, 0.6) is 0 Å². The van der Waals surface area contributed by atoms with E-state index in [1.165, 1.54) is 6.08 Å². The van der Waals surface area contributed by atoms with Crippen LogP contribution in [0.3, 0.4) is 0 Å². The number of ether oxygens (including phenoxy) is 1. The molecule has 0 unspecified atom stereocenters. The summed E-state index contributed by atoms with van der Waals surface area (Å²) in [5.74, 6) is -0.234. The van der Waals surface area contributed by atoms with E-state index in [1.807, 2.05) is 31.2 Å². The zero-order valence-corrected chi connectivity index (χ0v) is 10.1. The normalized spacial score (nSPS) is 19.9. The molecular formula is C14H18O3. The minimum Gasteiger partial charge on any atom is -0.455 e. The van der Waals surface area contributed by atoms with E-state index < -0.39 is 0 Å². The summed E-state index contributed by atoms with van der Waals surface area (Å²) in [4.78, 5) is 21.2. The van der Waals surface area contributed by atoms with Gasteiger partial charge in [-0.15, -0.1) is 0 Å². The van der Waals surface area contributed by atoms with Gasteiger partial charge in [-0.05, 0) is 44.8 Å². The highest BCUT2D eigenvalue weighted by molar-refractivity contribution is 5.93. The first-order valence-electron chi connectivity index (χ1n) is 5.93. The number of allylic oxidation sites excluding steroid dienone is 3. The first-order valence-corrected chi connectivity index (χ1v) is 5.93. The second kappa shape index (κ2) is 7.60. The van der Waals surface area contributed by atoms with Crippen LogP contribution in [0.4, 0.5) is 0 Å². The van der Waals surface area contributed by atoms with E-state index in [0.717, 1.165) is 32.0 Å².